The number of piperidine rings is 1. The van der Waals surface area contributed by atoms with E-state index >= 15 is 0 Å². The van der Waals surface area contributed by atoms with Crippen molar-refractivity contribution >= 4 is 18.1 Å². The molecule has 0 bridgehead atoms. The van der Waals surface area contributed by atoms with Gasteiger partial charge in [0.25, 0.3) is 5.91 Å². The third-order valence-electron chi connectivity index (χ3n) is 4.74. The van der Waals surface area contributed by atoms with Gasteiger partial charge in [-0.05, 0) is 46.0 Å². The van der Waals surface area contributed by atoms with Gasteiger partial charge in [0, 0.05) is 31.7 Å². The highest BCUT2D eigenvalue weighted by Crippen LogP contribution is 2.26. The average molecular weight is 410 g/mol. The highest BCUT2D eigenvalue weighted by Gasteiger charge is 2.30. The fourth-order valence-electron chi connectivity index (χ4n) is 3.37. The molecule has 3 amide bonds. The van der Waals surface area contributed by atoms with Crippen LogP contribution < -0.4 is 10.6 Å². The van der Waals surface area contributed by atoms with Crippen LogP contribution in [0.15, 0.2) is 10.6 Å². The Kier molecular flexibility index (Phi) is 7.86. The van der Waals surface area contributed by atoms with Crippen LogP contribution in [0.3, 0.4) is 0 Å². The van der Waals surface area contributed by atoms with Crippen LogP contribution in [0.1, 0.15) is 56.3 Å². The van der Waals surface area contributed by atoms with Crippen molar-refractivity contribution in [2.75, 3.05) is 26.7 Å². The molecule has 0 atom stereocenters. The molecule has 0 radical (unpaired) electrons. The quantitative estimate of drug-likeness (QED) is 0.707. The standard InChI is InChI=1S/C19H30N4O6/c1-5-27-18(26)23-8-6-13(7-9-23)11-19(2,3)21-17(25)28-12-14-10-15(22-29-14)16(24)20-4/h10,13H,5-9,11-12H2,1-4H3,(H,20,24)(H,21,25). The molecule has 1 aliphatic rings. The molecule has 29 heavy (non-hydrogen) atoms. The Morgan fingerprint density at radius 1 is 1.28 bits per heavy atom. The van der Waals surface area contributed by atoms with E-state index in [2.05, 4.69) is 15.8 Å². The minimum Gasteiger partial charge on any atom is -0.450 e. The van der Waals surface area contributed by atoms with Crippen molar-refractivity contribution in [3.05, 3.63) is 17.5 Å². The van der Waals surface area contributed by atoms with Crippen LogP contribution in [-0.2, 0) is 16.1 Å². The summed E-state index contributed by atoms with van der Waals surface area (Å²) in [6, 6.07) is 1.43. The lowest BCUT2D eigenvalue weighted by molar-refractivity contribution is 0.0858. The molecule has 0 unspecified atom stereocenters. The Balaban J connectivity index is 1.74. The van der Waals surface area contributed by atoms with Crippen LogP contribution in [0.4, 0.5) is 9.59 Å². The van der Waals surface area contributed by atoms with E-state index in [4.69, 9.17) is 14.0 Å². The van der Waals surface area contributed by atoms with Gasteiger partial charge in [0.15, 0.2) is 18.1 Å². The maximum absolute atomic E-state index is 12.1. The van der Waals surface area contributed by atoms with Crippen LogP contribution in [0, 0.1) is 5.92 Å². The Morgan fingerprint density at radius 2 is 1.97 bits per heavy atom. The number of nitrogens with one attached hydrogen (secondary N) is 2. The normalized spacial score (nSPS) is 15.0. The first-order valence-corrected chi connectivity index (χ1v) is 9.78. The second-order valence-electron chi connectivity index (χ2n) is 7.68. The summed E-state index contributed by atoms with van der Waals surface area (Å²) in [6.45, 7) is 7.23. The molecular weight excluding hydrogens is 380 g/mol. The fourth-order valence-corrected chi connectivity index (χ4v) is 3.37. The van der Waals surface area contributed by atoms with Gasteiger partial charge in [-0.1, -0.05) is 5.16 Å². The number of rotatable bonds is 7. The fraction of sp³-hybridized carbons (Fsp3) is 0.684. The minimum atomic E-state index is -0.572. The zero-order valence-corrected chi connectivity index (χ0v) is 17.4. The molecule has 0 aromatic carbocycles. The molecule has 2 heterocycles. The van der Waals surface area contributed by atoms with E-state index in [1.165, 1.54) is 13.1 Å². The van der Waals surface area contributed by atoms with Crippen molar-refractivity contribution in [2.24, 2.45) is 5.92 Å². The molecule has 0 spiro atoms. The Hall–Kier alpha value is -2.78. The van der Waals surface area contributed by atoms with Gasteiger partial charge in [-0.3, -0.25) is 4.79 Å². The molecular formula is C19H30N4O6. The van der Waals surface area contributed by atoms with Gasteiger partial charge < -0.3 is 29.5 Å². The van der Waals surface area contributed by atoms with Crippen LogP contribution in [0.25, 0.3) is 0 Å². The summed E-state index contributed by atoms with van der Waals surface area (Å²) < 4.78 is 15.2. The maximum Gasteiger partial charge on any atom is 0.409 e. The summed E-state index contributed by atoms with van der Waals surface area (Å²) in [7, 11) is 1.49. The largest absolute Gasteiger partial charge is 0.450 e. The van der Waals surface area contributed by atoms with Crippen molar-refractivity contribution in [3.63, 3.8) is 0 Å². The second-order valence-corrected chi connectivity index (χ2v) is 7.68. The summed E-state index contributed by atoms with van der Waals surface area (Å²) in [5.74, 6) is 0.294. The van der Waals surface area contributed by atoms with Gasteiger partial charge in [0.2, 0.25) is 0 Å². The van der Waals surface area contributed by atoms with E-state index in [0.717, 1.165) is 19.3 Å². The molecule has 2 N–H and O–H groups in total. The Morgan fingerprint density at radius 3 is 2.59 bits per heavy atom. The highest BCUT2D eigenvalue weighted by atomic mass is 16.6. The number of carbonyl (C=O) groups excluding carboxylic acids is 3. The molecule has 0 aliphatic carbocycles. The second kappa shape index (κ2) is 10.1. The molecule has 1 aromatic rings. The molecule has 1 saturated heterocycles. The van der Waals surface area contributed by atoms with E-state index in [9.17, 15) is 14.4 Å². The van der Waals surface area contributed by atoms with Gasteiger partial charge >= 0.3 is 12.2 Å². The van der Waals surface area contributed by atoms with Crippen LogP contribution >= 0.6 is 0 Å². The van der Waals surface area contributed by atoms with E-state index in [-0.39, 0.29) is 30.1 Å². The molecule has 10 heteroatoms. The topological polar surface area (TPSA) is 123 Å². The predicted molar refractivity (Wildman–Crippen MR) is 103 cm³/mol. The first-order chi connectivity index (χ1) is 13.7. The SMILES string of the molecule is CCOC(=O)N1CCC(CC(C)(C)NC(=O)OCc2cc(C(=O)NC)no2)CC1. The number of likely N-dealkylation sites (tertiary alicyclic amines) is 1. The number of ether oxygens (including phenoxy) is 2. The van der Waals surface area contributed by atoms with Crippen molar-refractivity contribution in [1.82, 2.24) is 20.7 Å². The van der Waals surface area contributed by atoms with Crippen molar-refractivity contribution in [3.8, 4) is 0 Å². The van der Waals surface area contributed by atoms with Crippen LogP contribution in [0.5, 0.6) is 0 Å². The maximum atomic E-state index is 12.1. The zero-order valence-electron chi connectivity index (χ0n) is 17.4. The van der Waals surface area contributed by atoms with E-state index in [0.29, 0.717) is 25.6 Å². The van der Waals surface area contributed by atoms with Gasteiger partial charge in [0.1, 0.15) is 0 Å². The van der Waals surface area contributed by atoms with E-state index in [1.54, 1.807) is 11.8 Å². The highest BCUT2D eigenvalue weighted by molar-refractivity contribution is 5.91. The van der Waals surface area contributed by atoms with Crippen LogP contribution in [0.2, 0.25) is 0 Å². The van der Waals surface area contributed by atoms with Crippen LogP contribution in [-0.4, -0.2) is 60.4 Å². The Bertz CT molecular complexity index is 709. The van der Waals surface area contributed by atoms with Crippen molar-refractivity contribution in [1.29, 1.82) is 0 Å². The van der Waals surface area contributed by atoms with Crippen molar-refractivity contribution < 1.29 is 28.4 Å². The average Bonchev–Trinajstić information content (AvgIpc) is 3.15. The number of hydrogen-bond acceptors (Lipinski definition) is 7. The number of hydrogen-bond donors (Lipinski definition) is 2. The number of nitrogens with zero attached hydrogens (tertiary/aromatic N) is 2. The van der Waals surface area contributed by atoms with E-state index in [1.807, 2.05) is 13.8 Å². The number of amides is 3. The summed E-state index contributed by atoms with van der Waals surface area (Å²) in [6.07, 6.45) is 1.65. The molecule has 0 saturated carbocycles. The number of aromatic nitrogens is 1. The lowest BCUT2D eigenvalue weighted by Gasteiger charge is -2.35. The zero-order chi connectivity index (χ0) is 21.4. The third-order valence-corrected chi connectivity index (χ3v) is 4.74. The summed E-state index contributed by atoms with van der Waals surface area (Å²) in [5.41, 5.74) is -0.344. The molecule has 1 aliphatic heterocycles. The van der Waals surface area contributed by atoms with Gasteiger partial charge in [-0.2, -0.15) is 0 Å². The molecule has 162 valence electrons. The number of alkyl carbamates (subject to hydrolysis) is 1. The lowest BCUT2D eigenvalue weighted by atomic mass is 9.84. The first kappa shape index (κ1) is 22.5. The lowest BCUT2D eigenvalue weighted by Crippen LogP contribution is -2.47. The molecule has 1 fully saturated rings. The smallest absolute Gasteiger partial charge is 0.409 e. The monoisotopic (exact) mass is 410 g/mol. The molecule has 2 rings (SSSR count). The predicted octanol–water partition coefficient (Wildman–Crippen LogP) is 2.30. The molecule has 1 aromatic heterocycles. The van der Waals surface area contributed by atoms with Gasteiger partial charge in [0.05, 0.1) is 6.61 Å². The summed E-state index contributed by atoms with van der Waals surface area (Å²) >= 11 is 0. The molecule has 10 nitrogen and oxygen atoms in total. The van der Waals surface area contributed by atoms with Crippen molar-refractivity contribution in [2.45, 2.75) is 52.2 Å². The Labute approximate surface area is 170 Å². The summed E-state index contributed by atoms with van der Waals surface area (Å²) in [4.78, 5) is 37.1. The minimum absolute atomic E-state index is 0.121. The summed E-state index contributed by atoms with van der Waals surface area (Å²) in [5, 5.41) is 8.91. The number of carbonyl (C=O) groups is 3. The van der Waals surface area contributed by atoms with E-state index < -0.39 is 11.6 Å². The first-order valence-electron chi connectivity index (χ1n) is 9.78. The van der Waals surface area contributed by atoms with Gasteiger partial charge in [-0.15, -0.1) is 0 Å². The van der Waals surface area contributed by atoms with Gasteiger partial charge in [-0.25, -0.2) is 9.59 Å². The third kappa shape index (κ3) is 6.95.